The lowest BCUT2D eigenvalue weighted by molar-refractivity contribution is 0.0687. The van der Waals surface area contributed by atoms with Crippen LogP contribution < -0.4 is 0 Å². The first-order valence-electron chi connectivity index (χ1n) is 4.19. The van der Waals surface area contributed by atoms with E-state index in [1.807, 2.05) is 0 Å². The number of aromatic nitrogens is 3. The number of nitrogens with zero attached hydrogens (tertiary/aromatic N) is 3. The molecular weight excluding hydrogens is 297 g/mol. The number of carbonyl (C=O) groups is 1. The Balaban J connectivity index is 2.63. The number of carboxylic acids is 1. The van der Waals surface area contributed by atoms with Crippen molar-refractivity contribution in [3.8, 4) is 5.82 Å². The molecule has 0 amide bonds. The van der Waals surface area contributed by atoms with Crippen molar-refractivity contribution in [2.24, 2.45) is 0 Å². The highest BCUT2D eigenvalue weighted by Crippen LogP contribution is 2.27. The van der Waals surface area contributed by atoms with E-state index in [0.29, 0.717) is 9.50 Å². The fourth-order valence-electron chi connectivity index (χ4n) is 1.19. The molecule has 0 saturated carbocycles. The standard InChI is InChI=1S/C9H5BrClN3O2/c10-5-1-3-12-8(7(5)11)14-6(9(15)16)2-4-13-14/h1-4H,(H,15,16). The SMILES string of the molecule is O=C(O)c1ccnn1-c1nccc(Br)c1Cl. The lowest BCUT2D eigenvalue weighted by atomic mass is 10.4. The molecule has 0 aliphatic rings. The van der Waals surface area contributed by atoms with Crippen molar-refractivity contribution < 1.29 is 9.90 Å². The fraction of sp³-hybridized carbons (Fsp3) is 0. The molecule has 1 N–H and O–H groups in total. The highest BCUT2D eigenvalue weighted by Gasteiger charge is 2.16. The molecule has 2 heterocycles. The first kappa shape index (κ1) is 11.1. The molecule has 0 unspecified atom stereocenters. The minimum atomic E-state index is -1.09. The van der Waals surface area contributed by atoms with Gasteiger partial charge in [0.25, 0.3) is 0 Å². The summed E-state index contributed by atoms with van der Waals surface area (Å²) < 4.78 is 1.81. The molecule has 2 aromatic heterocycles. The molecule has 0 atom stereocenters. The predicted molar refractivity (Wildman–Crippen MR) is 61.0 cm³/mol. The van der Waals surface area contributed by atoms with Crippen LogP contribution in [0.1, 0.15) is 10.5 Å². The fourth-order valence-corrected chi connectivity index (χ4v) is 1.68. The number of carboxylic acid groups (broad SMARTS) is 1. The van der Waals surface area contributed by atoms with Gasteiger partial charge in [0.1, 0.15) is 0 Å². The van der Waals surface area contributed by atoms with Crippen LogP contribution in [0.3, 0.4) is 0 Å². The van der Waals surface area contributed by atoms with E-state index in [4.69, 9.17) is 16.7 Å². The van der Waals surface area contributed by atoms with Crippen LogP contribution in [0.5, 0.6) is 0 Å². The normalized spacial score (nSPS) is 10.4. The monoisotopic (exact) mass is 301 g/mol. The highest BCUT2D eigenvalue weighted by atomic mass is 79.9. The van der Waals surface area contributed by atoms with Crippen LogP contribution in [0.2, 0.25) is 5.02 Å². The molecule has 0 saturated heterocycles. The van der Waals surface area contributed by atoms with E-state index in [1.54, 1.807) is 6.07 Å². The summed E-state index contributed by atoms with van der Waals surface area (Å²) in [7, 11) is 0. The third kappa shape index (κ3) is 1.81. The van der Waals surface area contributed by atoms with Crippen molar-refractivity contribution in [2.75, 3.05) is 0 Å². The maximum absolute atomic E-state index is 10.9. The van der Waals surface area contributed by atoms with Gasteiger partial charge >= 0.3 is 5.97 Å². The molecule has 0 fully saturated rings. The zero-order chi connectivity index (χ0) is 11.7. The molecule has 0 radical (unpaired) electrons. The van der Waals surface area contributed by atoms with Gasteiger partial charge in [-0.15, -0.1) is 0 Å². The molecule has 2 rings (SSSR count). The largest absolute Gasteiger partial charge is 0.477 e. The van der Waals surface area contributed by atoms with E-state index in [9.17, 15) is 4.79 Å². The van der Waals surface area contributed by atoms with Crippen molar-refractivity contribution >= 4 is 33.5 Å². The number of aromatic carboxylic acids is 1. The number of rotatable bonds is 2. The molecule has 82 valence electrons. The molecular formula is C9H5BrClN3O2. The van der Waals surface area contributed by atoms with E-state index < -0.39 is 5.97 Å². The molecule has 0 aromatic carbocycles. The summed E-state index contributed by atoms with van der Waals surface area (Å²) in [4.78, 5) is 14.9. The van der Waals surface area contributed by atoms with E-state index >= 15 is 0 Å². The maximum atomic E-state index is 10.9. The first-order chi connectivity index (χ1) is 7.61. The van der Waals surface area contributed by atoms with Crippen LogP contribution in [-0.2, 0) is 0 Å². The lowest BCUT2D eigenvalue weighted by Gasteiger charge is -2.06. The Morgan fingerprint density at radius 3 is 2.88 bits per heavy atom. The number of hydrogen-bond donors (Lipinski definition) is 1. The number of pyridine rings is 1. The summed E-state index contributed by atoms with van der Waals surface area (Å²) in [5.41, 5.74) is 0.00694. The van der Waals surface area contributed by atoms with Crippen LogP contribution in [0.4, 0.5) is 0 Å². The van der Waals surface area contributed by atoms with E-state index in [1.165, 1.54) is 23.1 Å². The summed E-state index contributed by atoms with van der Waals surface area (Å²) in [6, 6.07) is 3.04. The molecule has 7 heteroatoms. The van der Waals surface area contributed by atoms with Gasteiger partial charge in [-0.25, -0.2) is 14.5 Å². The second-order valence-corrected chi connectivity index (χ2v) is 4.10. The smallest absolute Gasteiger partial charge is 0.354 e. The molecule has 5 nitrogen and oxygen atoms in total. The van der Waals surface area contributed by atoms with Crippen LogP contribution >= 0.6 is 27.5 Å². The molecule has 0 aliphatic carbocycles. The van der Waals surface area contributed by atoms with Gasteiger partial charge in [0, 0.05) is 10.7 Å². The van der Waals surface area contributed by atoms with Gasteiger partial charge in [-0.05, 0) is 28.1 Å². The van der Waals surface area contributed by atoms with Crippen molar-refractivity contribution in [2.45, 2.75) is 0 Å². The minimum Gasteiger partial charge on any atom is -0.477 e. The third-order valence-corrected chi connectivity index (χ3v) is 3.15. The summed E-state index contributed by atoms with van der Waals surface area (Å²) >= 11 is 9.23. The molecule has 0 aliphatic heterocycles. The van der Waals surface area contributed by atoms with Gasteiger partial charge in [-0.3, -0.25) is 0 Å². The lowest BCUT2D eigenvalue weighted by Crippen LogP contribution is -2.09. The van der Waals surface area contributed by atoms with Crippen molar-refractivity contribution in [3.63, 3.8) is 0 Å². The Bertz CT molecular complexity index is 555. The molecule has 2 aromatic rings. The summed E-state index contributed by atoms with van der Waals surface area (Å²) in [5.74, 6) is -0.811. The van der Waals surface area contributed by atoms with Crippen molar-refractivity contribution in [1.29, 1.82) is 0 Å². The van der Waals surface area contributed by atoms with E-state index in [0.717, 1.165) is 0 Å². The number of hydrogen-bond acceptors (Lipinski definition) is 3. The predicted octanol–water partition coefficient (Wildman–Crippen LogP) is 2.38. The van der Waals surface area contributed by atoms with E-state index in [2.05, 4.69) is 26.0 Å². The summed E-state index contributed by atoms with van der Waals surface area (Å²) in [5, 5.41) is 13.1. The van der Waals surface area contributed by atoms with Gasteiger partial charge < -0.3 is 5.11 Å². The van der Waals surface area contributed by atoms with Gasteiger partial charge in [-0.2, -0.15) is 5.10 Å². The second kappa shape index (κ2) is 4.23. The Kier molecular flexibility index (Phi) is 2.93. The van der Waals surface area contributed by atoms with Crippen molar-refractivity contribution in [1.82, 2.24) is 14.8 Å². The van der Waals surface area contributed by atoms with Gasteiger partial charge in [-0.1, -0.05) is 11.6 Å². The Morgan fingerprint density at radius 1 is 1.44 bits per heavy atom. The molecule has 0 spiro atoms. The summed E-state index contributed by atoms with van der Waals surface area (Å²) in [6.45, 7) is 0. The van der Waals surface area contributed by atoms with Crippen LogP contribution in [0, 0.1) is 0 Å². The topological polar surface area (TPSA) is 68.0 Å². The molecule has 16 heavy (non-hydrogen) atoms. The van der Waals surface area contributed by atoms with E-state index in [-0.39, 0.29) is 11.5 Å². The minimum absolute atomic E-state index is 0.00694. The Hall–Kier alpha value is -1.40. The highest BCUT2D eigenvalue weighted by molar-refractivity contribution is 9.10. The second-order valence-electron chi connectivity index (χ2n) is 2.86. The summed E-state index contributed by atoms with van der Waals surface area (Å²) in [6.07, 6.45) is 2.89. The Morgan fingerprint density at radius 2 is 2.19 bits per heavy atom. The maximum Gasteiger partial charge on any atom is 0.354 e. The zero-order valence-electron chi connectivity index (χ0n) is 7.76. The average molecular weight is 303 g/mol. The zero-order valence-corrected chi connectivity index (χ0v) is 10.1. The van der Waals surface area contributed by atoms with Gasteiger partial charge in [0.2, 0.25) is 0 Å². The van der Waals surface area contributed by atoms with Crippen LogP contribution in [0.15, 0.2) is 29.0 Å². The quantitative estimate of drug-likeness (QED) is 0.925. The average Bonchev–Trinajstić information content (AvgIpc) is 2.70. The van der Waals surface area contributed by atoms with Crippen LogP contribution in [-0.4, -0.2) is 25.8 Å². The Labute approximate surface area is 104 Å². The third-order valence-electron chi connectivity index (χ3n) is 1.89. The first-order valence-corrected chi connectivity index (χ1v) is 5.36. The number of halogens is 2. The van der Waals surface area contributed by atoms with Crippen molar-refractivity contribution in [3.05, 3.63) is 39.7 Å². The van der Waals surface area contributed by atoms with Crippen LogP contribution in [0.25, 0.3) is 5.82 Å². The molecule has 0 bridgehead atoms. The van der Waals surface area contributed by atoms with Gasteiger partial charge in [0.05, 0.1) is 11.2 Å². The van der Waals surface area contributed by atoms with Gasteiger partial charge in [0.15, 0.2) is 11.5 Å².